The second-order valence-electron chi connectivity index (χ2n) is 4.85. The third-order valence-corrected chi connectivity index (χ3v) is 3.22. The highest BCUT2D eigenvalue weighted by atomic mass is 19.1. The quantitative estimate of drug-likeness (QED) is 0.736. The van der Waals surface area contributed by atoms with Gasteiger partial charge in [0.15, 0.2) is 0 Å². The van der Waals surface area contributed by atoms with Crippen LogP contribution in [0.25, 0.3) is 0 Å². The zero-order chi connectivity index (χ0) is 10.4. The van der Waals surface area contributed by atoms with E-state index in [4.69, 9.17) is 0 Å². The van der Waals surface area contributed by atoms with Crippen LogP contribution in [0.15, 0.2) is 0 Å². The molecule has 1 saturated heterocycles. The van der Waals surface area contributed by atoms with Gasteiger partial charge in [0.1, 0.15) is 5.67 Å². The third kappa shape index (κ3) is 3.95. The van der Waals surface area contributed by atoms with Gasteiger partial charge in [0, 0.05) is 0 Å². The summed E-state index contributed by atoms with van der Waals surface area (Å²) in [6.45, 7) is 6.21. The maximum atomic E-state index is 14.4. The first-order valence-corrected chi connectivity index (χ1v) is 6.06. The van der Waals surface area contributed by atoms with Crippen LogP contribution in [-0.4, -0.2) is 18.8 Å². The molecule has 14 heavy (non-hydrogen) atoms. The molecule has 0 radical (unpaired) electrons. The fourth-order valence-corrected chi connectivity index (χ4v) is 2.52. The lowest BCUT2D eigenvalue weighted by Crippen LogP contribution is -2.27. The molecule has 1 aliphatic heterocycles. The van der Waals surface area contributed by atoms with Crippen LogP contribution < -0.4 is 5.32 Å². The second-order valence-corrected chi connectivity index (χ2v) is 4.85. The fourth-order valence-electron chi connectivity index (χ4n) is 2.52. The van der Waals surface area contributed by atoms with E-state index >= 15 is 0 Å². The molecule has 1 nitrogen and oxygen atoms in total. The van der Waals surface area contributed by atoms with Gasteiger partial charge in [0.25, 0.3) is 0 Å². The Balaban J connectivity index is 2.37. The van der Waals surface area contributed by atoms with Gasteiger partial charge in [-0.1, -0.05) is 26.7 Å². The number of hydrogen-bond donors (Lipinski definition) is 1. The minimum atomic E-state index is -0.877. The maximum Gasteiger partial charge on any atom is 0.112 e. The molecule has 84 valence electrons. The largest absolute Gasteiger partial charge is 0.317 e. The van der Waals surface area contributed by atoms with Crippen molar-refractivity contribution in [2.75, 3.05) is 13.1 Å². The van der Waals surface area contributed by atoms with Crippen LogP contribution in [0.4, 0.5) is 4.39 Å². The van der Waals surface area contributed by atoms with Crippen molar-refractivity contribution in [3.8, 4) is 0 Å². The molecule has 0 saturated carbocycles. The summed E-state index contributed by atoms with van der Waals surface area (Å²) in [5.74, 6) is 0.545. The summed E-state index contributed by atoms with van der Waals surface area (Å²) in [5.41, 5.74) is -0.877. The van der Waals surface area contributed by atoms with E-state index < -0.39 is 5.67 Å². The Kier molecular flexibility index (Phi) is 4.86. The summed E-state index contributed by atoms with van der Waals surface area (Å²) in [5, 5.41) is 3.27. The SMILES string of the molecule is CCCC(C)CC1(F)CCCNCC1. The molecule has 0 aliphatic carbocycles. The normalized spacial score (nSPS) is 31.1. The van der Waals surface area contributed by atoms with Crippen molar-refractivity contribution in [1.82, 2.24) is 5.32 Å². The van der Waals surface area contributed by atoms with Gasteiger partial charge in [0.05, 0.1) is 0 Å². The highest BCUT2D eigenvalue weighted by Crippen LogP contribution is 2.32. The summed E-state index contributed by atoms with van der Waals surface area (Å²) < 4.78 is 14.4. The highest BCUT2D eigenvalue weighted by molar-refractivity contribution is 4.84. The van der Waals surface area contributed by atoms with Crippen LogP contribution in [0.5, 0.6) is 0 Å². The van der Waals surface area contributed by atoms with Crippen LogP contribution in [0.1, 0.15) is 52.4 Å². The van der Waals surface area contributed by atoms with Gasteiger partial charge in [-0.05, 0) is 44.7 Å². The Morgan fingerprint density at radius 3 is 2.86 bits per heavy atom. The first-order chi connectivity index (χ1) is 6.66. The maximum absolute atomic E-state index is 14.4. The van der Waals surface area contributed by atoms with Gasteiger partial charge in [-0.15, -0.1) is 0 Å². The van der Waals surface area contributed by atoms with E-state index in [0.29, 0.717) is 12.3 Å². The molecule has 2 unspecified atom stereocenters. The third-order valence-electron chi connectivity index (χ3n) is 3.22. The number of alkyl halides is 1. The van der Waals surface area contributed by atoms with Crippen LogP contribution in [0.3, 0.4) is 0 Å². The molecule has 0 aromatic rings. The lowest BCUT2D eigenvalue weighted by Gasteiger charge is -2.26. The zero-order valence-electron chi connectivity index (χ0n) is 9.61. The van der Waals surface area contributed by atoms with Crippen LogP contribution >= 0.6 is 0 Å². The molecule has 1 fully saturated rings. The minimum absolute atomic E-state index is 0.545. The monoisotopic (exact) mass is 201 g/mol. The van der Waals surface area contributed by atoms with Gasteiger partial charge in [-0.25, -0.2) is 4.39 Å². The predicted octanol–water partition coefficient (Wildman–Crippen LogP) is 3.29. The van der Waals surface area contributed by atoms with E-state index in [1.54, 1.807) is 0 Å². The lowest BCUT2D eigenvalue weighted by atomic mass is 9.85. The van der Waals surface area contributed by atoms with Crippen LogP contribution in [0, 0.1) is 5.92 Å². The standard InChI is InChI=1S/C12H24FN/c1-3-5-11(2)10-12(13)6-4-8-14-9-7-12/h11,14H,3-10H2,1-2H3. The van der Waals surface area contributed by atoms with Crippen molar-refractivity contribution in [2.24, 2.45) is 5.92 Å². The summed E-state index contributed by atoms with van der Waals surface area (Å²) >= 11 is 0. The van der Waals surface area contributed by atoms with E-state index in [-0.39, 0.29) is 0 Å². The Morgan fingerprint density at radius 2 is 2.14 bits per heavy atom. The summed E-state index contributed by atoms with van der Waals surface area (Å²) in [6, 6.07) is 0. The van der Waals surface area contributed by atoms with Crippen molar-refractivity contribution in [3.05, 3.63) is 0 Å². The Hall–Kier alpha value is -0.110. The second kappa shape index (κ2) is 5.69. The molecule has 0 aromatic heterocycles. The zero-order valence-corrected chi connectivity index (χ0v) is 9.61. The van der Waals surface area contributed by atoms with Gasteiger partial charge in [0.2, 0.25) is 0 Å². The fraction of sp³-hybridized carbons (Fsp3) is 1.00. The first-order valence-electron chi connectivity index (χ1n) is 6.06. The van der Waals surface area contributed by atoms with Gasteiger partial charge < -0.3 is 5.32 Å². The predicted molar refractivity (Wildman–Crippen MR) is 59.2 cm³/mol. The molecule has 2 atom stereocenters. The highest BCUT2D eigenvalue weighted by Gasteiger charge is 2.31. The van der Waals surface area contributed by atoms with Crippen molar-refractivity contribution in [1.29, 1.82) is 0 Å². The van der Waals surface area contributed by atoms with Crippen molar-refractivity contribution in [2.45, 2.75) is 58.0 Å². The molecule has 0 spiro atoms. The summed E-state index contributed by atoms with van der Waals surface area (Å²) in [4.78, 5) is 0. The number of rotatable bonds is 4. The average molecular weight is 201 g/mol. The van der Waals surface area contributed by atoms with Gasteiger partial charge >= 0.3 is 0 Å². The molecular formula is C12H24FN. The Bertz CT molecular complexity index is 150. The molecule has 1 N–H and O–H groups in total. The topological polar surface area (TPSA) is 12.0 Å². The molecule has 0 aromatic carbocycles. The summed E-state index contributed by atoms with van der Waals surface area (Å²) in [7, 11) is 0. The molecule has 1 aliphatic rings. The Labute approximate surface area is 87.5 Å². The van der Waals surface area contributed by atoms with E-state index in [9.17, 15) is 4.39 Å². The van der Waals surface area contributed by atoms with E-state index in [1.807, 2.05) is 0 Å². The smallest absolute Gasteiger partial charge is 0.112 e. The van der Waals surface area contributed by atoms with Crippen molar-refractivity contribution in [3.63, 3.8) is 0 Å². The molecule has 2 heteroatoms. The van der Waals surface area contributed by atoms with E-state index in [0.717, 1.165) is 32.4 Å². The number of halogens is 1. The van der Waals surface area contributed by atoms with Crippen molar-refractivity contribution >= 4 is 0 Å². The average Bonchev–Trinajstić information content (AvgIpc) is 2.30. The number of nitrogens with one attached hydrogen (secondary N) is 1. The summed E-state index contributed by atoms with van der Waals surface area (Å²) in [6.07, 6.45) is 5.57. The lowest BCUT2D eigenvalue weighted by molar-refractivity contribution is 0.108. The minimum Gasteiger partial charge on any atom is -0.317 e. The first kappa shape index (κ1) is 12.0. The molecular weight excluding hydrogens is 177 g/mol. The van der Waals surface area contributed by atoms with Crippen LogP contribution in [0.2, 0.25) is 0 Å². The van der Waals surface area contributed by atoms with Gasteiger partial charge in [-0.3, -0.25) is 0 Å². The van der Waals surface area contributed by atoms with Crippen LogP contribution in [-0.2, 0) is 0 Å². The Morgan fingerprint density at radius 1 is 1.36 bits per heavy atom. The van der Waals surface area contributed by atoms with Gasteiger partial charge in [-0.2, -0.15) is 0 Å². The molecule has 0 bridgehead atoms. The molecule has 0 amide bonds. The van der Waals surface area contributed by atoms with E-state index in [2.05, 4.69) is 19.2 Å². The van der Waals surface area contributed by atoms with E-state index in [1.165, 1.54) is 12.8 Å². The van der Waals surface area contributed by atoms with Crippen molar-refractivity contribution < 1.29 is 4.39 Å². The molecule has 1 rings (SSSR count). The molecule has 1 heterocycles. The number of hydrogen-bond acceptors (Lipinski definition) is 1.